The van der Waals surface area contributed by atoms with Crippen molar-refractivity contribution in [3.63, 3.8) is 0 Å². The molecule has 0 bridgehead atoms. The van der Waals surface area contributed by atoms with Gasteiger partial charge in [0.25, 0.3) is 0 Å². The van der Waals surface area contributed by atoms with Gasteiger partial charge in [0.05, 0.1) is 13.0 Å². The van der Waals surface area contributed by atoms with E-state index in [4.69, 9.17) is 4.74 Å². The first-order chi connectivity index (χ1) is 11.6. The molecular formula is C18H26N2O3S. The molecule has 0 radical (unpaired) electrons. The Morgan fingerprint density at radius 2 is 2.21 bits per heavy atom. The molecule has 1 aromatic carbocycles. The lowest BCUT2D eigenvalue weighted by Gasteiger charge is -2.27. The maximum atomic E-state index is 12.8. The van der Waals surface area contributed by atoms with Crippen LogP contribution in [0.25, 0.3) is 0 Å². The molecule has 0 N–H and O–H groups in total. The number of benzene rings is 1. The molecule has 2 amide bonds. The van der Waals surface area contributed by atoms with Gasteiger partial charge in [0.2, 0.25) is 11.8 Å². The van der Waals surface area contributed by atoms with Crippen molar-refractivity contribution in [1.82, 2.24) is 9.80 Å². The number of carbonyl (C=O) groups is 2. The zero-order valence-electron chi connectivity index (χ0n) is 14.7. The van der Waals surface area contributed by atoms with Crippen LogP contribution in [0.1, 0.15) is 31.7 Å². The standard InChI is InChI=1S/C18H26N2O3S/c1-4-5-9-17(21)20-13-24-12-16(20)18(22)19(2)11-14-7-6-8-15(10-14)23-3/h6-8,10,16H,4-5,9,11-13H2,1-3H3/t16-/m0/s1. The number of unbranched alkanes of at least 4 members (excludes halogenated alkanes) is 1. The van der Waals surface area contributed by atoms with Crippen LogP contribution in [0, 0.1) is 0 Å². The molecule has 1 atom stereocenters. The largest absolute Gasteiger partial charge is 0.497 e. The molecule has 1 heterocycles. The summed E-state index contributed by atoms with van der Waals surface area (Å²) in [5.74, 6) is 2.18. The molecule has 1 aromatic rings. The van der Waals surface area contributed by atoms with Crippen molar-refractivity contribution in [3.8, 4) is 5.75 Å². The maximum absolute atomic E-state index is 12.8. The van der Waals surface area contributed by atoms with Crippen molar-refractivity contribution in [3.05, 3.63) is 29.8 Å². The summed E-state index contributed by atoms with van der Waals surface area (Å²) >= 11 is 1.65. The van der Waals surface area contributed by atoms with E-state index in [1.807, 2.05) is 24.3 Å². The van der Waals surface area contributed by atoms with Crippen molar-refractivity contribution in [2.45, 2.75) is 38.8 Å². The van der Waals surface area contributed by atoms with Crippen LogP contribution in [0.5, 0.6) is 5.75 Å². The molecule has 1 aliphatic rings. The van der Waals surface area contributed by atoms with E-state index in [0.717, 1.165) is 24.2 Å². The molecular weight excluding hydrogens is 324 g/mol. The molecule has 2 rings (SSSR count). The van der Waals surface area contributed by atoms with Gasteiger partial charge in [-0.3, -0.25) is 9.59 Å². The molecule has 24 heavy (non-hydrogen) atoms. The number of amides is 2. The van der Waals surface area contributed by atoms with Crippen LogP contribution in [-0.2, 0) is 16.1 Å². The minimum absolute atomic E-state index is 0.00710. The van der Waals surface area contributed by atoms with E-state index in [-0.39, 0.29) is 17.9 Å². The lowest BCUT2D eigenvalue weighted by molar-refractivity contribution is -0.143. The Morgan fingerprint density at radius 1 is 1.42 bits per heavy atom. The van der Waals surface area contributed by atoms with Crippen molar-refractivity contribution in [2.24, 2.45) is 0 Å². The van der Waals surface area contributed by atoms with Crippen molar-refractivity contribution in [1.29, 1.82) is 0 Å². The summed E-state index contributed by atoms with van der Waals surface area (Å²) in [5, 5.41) is 0. The number of ether oxygens (including phenoxy) is 1. The summed E-state index contributed by atoms with van der Waals surface area (Å²) in [5.41, 5.74) is 1.01. The lowest BCUT2D eigenvalue weighted by Crippen LogP contribution is -2.47. The van der Waals surface area contributed by atoms with Gasteiger partial charge in [-0.05, 0) is 24.1 Å². The molecule has 1 fully saturated rings. The smallest absolute Gasteiger partial charge is 0.246 e. The van der Waals surface area contributed by atoms with Gasteiger partial charge < -0.3 is 14.5 Å². The molecule has 0 spiro atoms. The predicted molar refractivity (Wildman–Crippen MR) is 97.0 cm³/mol. The molecule has 0 unspecified atom stereocenters. The first kappa shape index (κ1) is 18.6. The number of hydrogen-bond donors (Lipinski definition) is 0. The maximum Gasteiger partial charge on any atom is 0.246 e. The number of methoxy groups -OCH3 is 1. The Labute approximate surface area is 148 Å². The number of thioether (sulfide) groups is 1. The van der Waals surface area contributed by atoms with Gasteiger partial charge in [-0.1, -0.05) is 25.5 Å². The number of likely N-dealkylation sites (N-methyl/N-ethyl adjacent to an activating group) is 1. The molecule has 5 nitrogen and oxygen atoms in total. The fourth-order valence-corrected chi connectivity index (χ4v) is 3.91. The summed E-state index contributed by atoms with van der Waals surface area (Å²) < 4.78 is 5.22. The van der Waals surface area contributed by atoms with E-state index >= 15 is 0 Å². The van der Waals surface area contributed by atoms with Crippen LogP contribution in [0.3, 0.4) is 0 Å². The van der Waals surface area contributed by atoms with E-state index in [9.17, 15) is 9.59 Å². The van der Waals surface area contributed by atoms with Crippen LogP contribution < -0.4 is 4.74 Å². The summed E-state index contributed by atoms with van der Waals surface area (Å²) in [4.78, 5) is 28.5. The summed E-state index contributed by atoms with van der Waals surface area (Å²) in [7, 11) is 3.42. The average molecular weight is 350 g/mol. The van der Waals surface area contributed by atoms with Crippen LogP contribution >= 0.6 is 11.8 Å². The van der Waals surface area contributed by atoms with Gasteiger partial charge in [0.15, 0.2) is 0 Å². The van der Waals surface area contributed by atoms with Crippen LogP contribution in [0.15, 0.2) is 24.3 Å². The highest BCUT2D eigenvalue weighted by molar-refractivity contribution is 7.99. The quantitative estimate of drug-likeness (QED) is 0.759. The second kappa shape index (κ2) is 8.97. The molecule has 1 aliphatic heterocycles. The molecule has 1 saturated heterocycles. The normalized spacial score (nSPS) is 17.0. The zero-order chi connectivity index (χ0) is 17.5. The van der Waals surface area contributed by atoms with Gasteiger partial charge in [-0.2, -0.15) is 0 Å². The fraction of sp³-hybridized carbons (Fsp3) is 0.556. The van der Waals surface area contributed by atoms with Crippen molar-refractivity contribution >= 4 is 23.6 Å². The number of rotatable bonds is 7. The van der Waals surface area contributed by atoms with Crippen LogP contribution in [0.4, 0.5) is 0 Å². The van der Waals surface area contributed by atoms with Gasteiger partial charge in [0.1, 0.15) is 11.8 Å². The van der Waals surface area contributed by atoms with Gasteiger partial charge in [0, 0.05) is 25.8 Å². The Bertz CT molecular complexity index is 579. The van der Waals surface area contributed by atoms with Gasteiger partial charge in [-0.25, -0.2) is 0 Å². The minimum Gasteiger partial charge on any atom is -0.497 e. The second-order valence-corrected chi connectivity index (χ2v) is 7.03. The van der Waals surface area contributed by atoms with Crippen molar-refractivity contribution in [2.75, 3.05) is 25.8 Å². The van der Waals surface area contributed by atoms with E-state index < -0.39 is 0 Å². The minimum atomic E-state index is -0.338. The number of nitrogens with zero attached hydrogens (tertiary/aromatic N) is 2. The Morgan fingerprint density at radius 3 is 2.92 bits per heavy atom. The summed E-state index contributed by atoms with van der Waals surface area (Å²) in [6.07, 6.45) is 2.39. The Kier molecular flexibility index (Phi) is 6.97. The molecule has 0 saturated carbocycles. The third kappa shape index (κ3) is 4.66. The summed E-state index contributed by atoms with van der Waals surface area (Å²) in [6.45, 7) is 2.57. The highest BCUT2D eigenvalue weighted by Gasteiger charge is 2.35. The SMILES string of the molecule is CCCCC(=O)N1CSC[C@H]1C(=O)N(C)Cc1cccc(OC)c1. The van der Waals surface area contributed by atoms with Crippen LogP contribution in [0.2, 0.25) is 0 Å². The van der Waals surface area contributed by atoms with Crippen molar-refractivity contribution < 1.29 is 14.3 Å². The van der Waals surface area contributed by atoms with E-state index in [1.165, 1.54) is 0 Å². The van der Waals surface area contributed by atoms with E-state index in [1.54, 1.807) is 35.7 Å². The molecule has 0 aliphatic carbocycles. The monoisotopic (exact) mass is 350 g/mol. The Hall–Kier alpha value is -1.69. The van der Waals surface area contributed by atoms with E-state index in [2.05, 4.69) is 6.92 Å². The number of hydrogen-bond acceptors (Lipinski definition) is 4. The topological polar surface area (TPSA) is 49.9 Å². The highest BCUT2D eigenvalue weighted by Crippen LogP contribution is 2.24. The summed E-state index contributed by atoms with van der Waals surface area (Å²) in [6, 6.07) is 7.36. The molecule has 6 heteroatoms. The fourth-order valence-electron chi connectivity index (χ4n) is 2.74. The second-order valence-electron chi connectivity index (χ2n) is 6.03. The lowest BCUT2D eigenvalue weighted by atomic mass is 10.1. The molecule has 132 valence electrons. The van der Waals surface area contributed by atoms with Gasteiger partial charge in [-0.15, -0.1) is 11.8 Å². The Balaban J connectivity index is 1.99. The van der Waals surface area contributed by atoms with E-state index in [0.29, 0.717) is 24.6 Å². The molecule has 0 aromatic heterocycles. The van der Waals surface area contributed by atoms with Crippen LogP contribution in [-0.4, -0.2) is 53.4 Å². The predicted octanol–water partition coefficient (Wildman–Crippen LogP) is 2.75. The highest BCUT2D eigenvalue weighted by atomic mass is 32.2. The number of carbonyl (C=O) groups excluding carboxylic acids is 2. The first-order valence-electron chi connectivity index (χ1n) is 8.32. The third-order valence-corrected chi connectivity index (χ3v) is 5.17. The first-order valence-corrected chi connectivity index (χ1v) is 9.47. The van der Waals surface area contributed by atoms with Gasteiger partial charge >= 0.3 is 0 Å². The zero-order valence-corrected chi connectivity index (χ0v) is 15.5. The third-order valence-electron chi connectivity index (χ3n) is 4.16. The average Bonchev–Trinajstić information content (AvgIpc) is 3.08.